The maximum Gasteiger partial charge on any atom is 0.0864 e. The second kappa shape index (κ2) is 2.13. The van der Waals surface area contributed by atoms with Crippen molar-refractivity contribution < 1.29 is 4.74 Å². The minimum atomic E-state index is 0.508. The summed E-state index contributed by atoms with van der Waals surface area (Å²) < 4.78 is 7.26. The molecule has 2 heteroatoms. The number of aryl methyl sites for hydroxylation is 1. The van der Waals surface area contributed by atoms with E-state index in [4.69, 9.17) is 4.74 Å². The standard InChI is InChI=1S/C8H11NO/c1-9-4-2-3-7(9)5-8-6-10-8/h2-4,8H,5-6H2,1H3. The van der Waals surface area contributed by atoms with Crippen molar-refractivity contribution in [3.05, 3.63) is 24.0 Å². The zero-order valence-corrected chi connectivity index (χ0v) is 6.08. The van der Waals surface area contributed by atoms with Gasteiger partial charge in [-0.05, 0) is 12.1 Å². The zero-order valence-electron chi connectivity index (χ0n) is 6.08. The molecule has 2 heterocycles. The van der Waals surface area contributed by atoms with Crippen molar-refractivity contribution in [1.82, 2.24) is 4.57 Å². The molecule has 0 radical (unpaired) electrons. The van der Waals surface area contributed by atoms with Gasteiger partial charge in [-0.2, -0.15) is 0 Å². The van der Waals surface area contributed by atoms with Crippen molar-refractivity contribution in [2.45, 2.75) is 12.5 Å². The van der Waals surface area contributed by atoms with Gasteiger partial charge in [0.2, 0.25) is 0 Å². The molecule has 54 valence electrons. The van der Waals surface area contributed by atoms with Gasteiger partial charge in [-0.15, -0.1) is 0 Å². The molecule has 1 aliphatic rings. The molecule has 1 aliphatic heterocycles. The van der Waals surface area contributed by atoms with Crippen LogP contribution in [0.25, 0.3) is 0 Å². The molecule has 1 unspecified atom stereocenters. The van der Waals surface area contributed by atoms with Crippen LogP contribution >= 0.6 is 0 Å². The molecule has 0 N–H and O–H groups in total. The molecule has 0 saturated carbocycles. The van der Waals surface area contributed by atoms with Crippen LogP contribution in [0.4, 0.5) is 0 Å². The third kappa shape index (κ3) is 1.07. The molecule has 1 saturated heterocycles. The van der Waals surface area contributed by atoms with Crippen LogP contribution in [0.1, 0.15) is 5.69 Å². The van der Waals surface area contributed by atoms with E-state index in [0.717, 1.165) is 13.0 Å². The maximum absolute atomic E-state index is 5.12. The van der Waals surface area contributed by atoms with Crippen molar-refractivity contribution in [2.24, 2.45) is 7.05 Å². The molecule has 0 amide bonds. The number of aromatic nitrogens is 1. The quantitative estimate of drug-likeness (QED) is 0.555. The second-order valence-electron chi connectivity index (χ2n) is 2.77. The van der Waals surface area contributed by atoms with Gasteiger partial charge in [-0.1, -0.05) is 0 Å². The third-order valence-corrected chi connectivity index (χ3v) is 1.89. The van der Waals surface area contributed by atoms with Crippen LogP contribution < -0.4 is 0 Å². The predicted octanol–water partition coefficient (Wildman–Crippen LogP) is 0.966. The molecule has 0 bridgehead atoms. The Morgan fingerprint density at radius 1 is 1.80 bits per heavy atom. The molecule has 1 aromatic rings. The monoisotopic (exact) mass is 137 g/mol. The van der Waals surface area contributed by atoms with Gasteiger partial charge >= 0.3 is 0 Å². The lowest BCUT2D eigenvalue weighted by Crippen LogP contribution is -1.99. The van der Waals surface area contributed by atoms with E-state index in [-0.39, 0.29) is 0 Å². The van der Waals surface area contributed by atoms with Crippen LogP contribution in [0.2, 0.25) is 0 Å². The van der Waals surface area contributed by atoms with Gasteiger partial charge in [0.15, 0.2) is 0 Å². The Labute approximate surface area is 60.4 Å². The average Bonchev–Trinajstić information content (AvgIpc) is 2.62. The summed E-state index contributed by atoms with van der Waals surface area (Å²) in [5, 5.41) is 0. The average molecular weight is 137 g/mol. The Hall–Kier alpha value is -0.760. The highest BCUT2D eigenvalue weighted by atomic mass is 16.6. The Bertz CT molecular complexity index is 225. The van der Waals surface area contributed by atoms with Crippen LogP contribution in [0.3, 0.4) is 0 Å². The highest BCUT2D eigenvalue weighted by molar-refractivity contribution is 5.08. The first-order valence-electron chi connectivity index (χ1n) is 3.58. The van der Waals surface area contributed by atoms with E-state index in [0.29, 0.717) is 6.10 Å². The molecule has 0 spiro atoms. The molecule has 0 aliphatic carbocycles. The normalized spacial score (nSPS) is 23.1. The summed E-state index contributed by atoms with van der Waals surface area (Å²) >= 11 is 0. The first-order chi connectivity index (χ1) is 4.86. The van der Waals surface area contributed by atoms with E-state index in [1.54, 1.807) is 0 Å². The van der Waals surface area contributed by atoms with E-state index in [1.807, 2.05) is 0 Å². The minimum absolute atomic E-state index is 0.508. The second-order valence-corrected chi connectivity index (χ2v) is 2.77. The Kier molecular flexibility index (Phi) is 1.27. The van der Waals surface area contributed by atoms with Crippen molar-refractivity contribution in [1.29, 1.82) is 0 Å². The molecule has 2 rings (SSSR count). The summed E-state index contributed by atoms with van der Waals surface area (Å²) in [5.41, 5.74) is 1.36. The summed E-state index contributed by atoms with van der Waals surface area (Å²) in [6.07, 6.45) is 3.65. The number of rotatable bonds is 2. The van der Waals surface area contributed by atoms with Gasteiger partial charge in [0.1, 0.15) is 0 Å². The third-order valence-electron chi connectivity index (χ3n) is 1.89. The van der Waals surface area contributed by atoms with Crippen LogP contribution in [0.5, 0.6) is 0 Å². The zero-order chi connectivity index (χ0) is 6.97. The molecule has 2 nitrogen and oxygen atoms in total. The maximum atomic E-state index is 5.12. The van der Waals surface area contributed by atoms with E-state index in [1.165, 1.54) is 5.69 Å². The highest BCUT2D eigenvalue weighted by Crippen LogP contribution is 2.15. The fraction of sp³-hybridized carbons (Fsp3) is 0.500. The van der Waals surface area contributed by atoms with Crippen molar-refractivity contribution in [2.75, 3.05) is 6.61 Å². The van der Waals surface area contributed by atoms with Crippen molar-refractivity contribution in [3.8, 4) is 0 Å². The number of epoxide rings is 1. The molecule has 1 atom stereocenters. The van der Waals surface area contributed by atoms with Gasteiger partial charge in [0.05, 0.1) is 12.7 Å². The van der Waals surface area contributed by atoms with E-state index in [9.17, 15) is 0 Å². The van der Waals surface area contributed by atoms with Crippen LogP contribution in [0.15, 0.2) is 18.3 Å². The fourth-order valence-corrected chi connectivity index (χ4v) is 1.13. The topological polar surface area (TPSA) is 17.5 Å². The summed E-state index contributed by atoms with van der Waals surface area (Å²) in [5.74, 6) is 0. The smallest absolute Gasteiger partial charge is 0.0864 e. The minimum Gasteiger partial charge on any atom is -0.373 e. The van der Waals surface area contributed by atoms with Gasteiger partial charge in [-0.25, -0.2) is 0 Å². The highest BCUT2D eigenvalue weighted by Gasteiger charge is 2.23. The molecule has 10 heavy (non-hydrogen) atoms. The Balaban J connectivity index is 2.08. The lowest BCUT2D eigenvalue weighted by molar-refractivity contribution is 0.404. The first kappa shape index (κ1) is 5.98. The predicted molar refractivity (Wildman–Crippen MR) is 38.9 cm³/mol. The fourth-order valence-electron chi connectivity index (χ4n) is 1.13. The van der Waals surface area contributed by atoms with Crippen molar-refractivity contribution in [3.63, 3.8) is 0 Å². The Morgan fingerprint density at radius 3 is 3.10 bits per heavy atom. The number of hydrogen-bond acceptors (Lipinski definition) is 1. The van der Waals surface area contributed by atoms with Gasteiger partial charge in [0.25, 0.3) is 0 Å². The molecule has 1 fully saturated rings. The number of nitrogens with zero attached hydrogens (tertiary/aromatic N) is 1. The number of hydrogen-bond donors (Lipinski definition) is 0. The summed E-state index contributed by atoms with van der Waals surface area (Å²) in [7, 11) is 2.07. The SMILES string of the molecule is Cn1cccc1CC1CO1. The molecule has 0 aromatic carbocycles. The largest absolute Gasteiger partial charge is 0.373 e. The van der Waals surface area contributed by atoms with Gasteiger partial charge in [0, 0.05) is 25.4 Å². The lowest BCUT2D eigenvalue weighted by Gasteiger charge is -1.98. The summed E-state index contributed by atoms with van der Waals surface area (Å²) in [4.78, 5) is 0. The first-order valence-corrected chi connectivity index (χ1v) is 3.58. The molecular weight excluding hydrogens is 126 g/mol. The van der Waals surface area contributed by atoms with Crippen LogP contribution in [-0.2, 0) is 18.2 Å². The molecule has 1 aromatic heterocycles. The summed E-state index contributed by atoms with van der Waals surface area (Å²) in [6, 6.07) is 4.21. The van der Waals surface area contributed by atoms with E-state index < -0.39 is 0 Å². The molecular formula is C8H11NO. The van der Waals surface area contributed by atoms with Crippen LogP contribution in [-0.4, -0.2) is 17.3 Å². The van der Waals surface area contributed by atoms with E-state index in [2.05, 4.69) is 29.9 Å². The summed E-state index contributed by atoms with van der Waals surface area (Å²) in [6.45, 7) is 0.950. The van der Waals surface area contributed by atoms with Crippen LogP contribution in [0, 0.1) is 0 Å². The van der Waals surface area contributed by atoms with E-state index >= 15 is 0 Å². The van der Waals surface area contributed by atoms with Gasteiger partial charge < -0.3 is 9.30 Å². The number of ether oxygens (including phenoxy) is 1. The van der Waals surface area contributed by atoms with Gasteiger partial charge in [-0.3, -0.25) is 0 Å². The lowest BCUT2D eigenvalue weighted by atomic mass is 10.2. The van der Waals surface area contributed by atoms with Crippen molar-refractivity contribution >= 4 is 0 Å². The Morgan fingerprint density at radius 2 is 2.60 bits per heavy atom.